The first-order valence-corrected chi connectivity index (χ1v) is 6.14. The first-order valence-electron chi connectivity index (χ1n) is 5.76. The zero-order valence-electron chi connectivity index (χ0n) is 10.3. The molecule has 3 aliphatic rings. The Morgan fingerprint density at radius 3 is 2.00 bits per heavy atom. The maximum atomic E-state index is 12.1. The van der Waals surface area contributed by atoms with Crippen molar-refractivity contribution in [2.45, 2.75) is 0 Å². The Bertz CT molecular complexity index is 838. The average molecular weight is 307 g/mol. The Morgan fingerprint density at radius 1 is 0.905 bits per heavy atom. The highest BCUT2D eigenvalue weighted by molar-refractivity contribution is 6.48. The van der Waals surface area contributed by atoms with Crippen LogP contribution < -0.4 is 10.4 Å². The van der Waals surface area contributed by atoms with E-state index in [1.165, 1.54) is 24.3 Å². The molecule has 1 aromatic rings. The lowest BCUT2D eigenvalue weighted by molar-refractivity contribution is -0.120. The van der Waals surface area contributed by atoms with Crippen LogP contribution in [0.25, 0.3) is 11.9 Å². The van der Waals surface area contributed by atoms with Crippen LogP contribution >= 0.6 is 11.6 Å². The molecule has 2 N–H and O–H groups in total. The molecule has 0 saturated heterocycles. The first kappa shape index (κ1) is 13.3. The number of carbonyl (C=O) groups excluding carboxylic acids is 2. The fourth-order valence-electron chi connectivity index (χ4n) is 1.81. The number of hydrogen-bond acceptors (Lipinski definition) is 6. The average Bonchev–Trinajstić information content (AvgIpc) is 2.49. The Morgan fingerprint density at radius 2 is 1.43 bits per heavy atom. The molecule has 0 unspecified atom stereocenters. The summed E-state index contributed by atoms with van der Waals surface area (Å²) in [7, 11) is 0. The van der Waals surface area contributed by atoms with E-state index in [2.05, 4.69) is 0 Å². The standard InChI is InChI=1S/C14H7ClO6/c15-10-8(16)5-9-11(17)12(10)21-14(19)7-3-1-6(2-4-7)13(18)20-9/h1-5,18-19H. The summed E-state index contributed by atoms with van der Waals surface area (Å²) < 4.78 is 10.00. The second-order valence-electron chi connectivity index (χ2n) is 4.24. The molecule has 0 saturated carbocycles. The number of aliphatic hydroxyl groups is 2. The summed E-state index contributed by atoms with van der Waals surface area (Å²) in [5, 5.41) is 19.7. The summed E-state index contributed by atoms with van der Waals surface area (Å²) in [4.78, 5) is 23.8. The molecular weight excluding hydrogens is 300 g/mol. The number of fused-ring (bicyclic) bond motifs is 4. The molecule has 21 heavy (non-hydrogen) atoms. The lowest BCUT2D eigenvalue weighted by Crippen LogP contribution is -2.21. The quantitative estimate of drug-likeness (QED) is 0.677. The number of ketones is 2. The third kappa shape index (κ3) is 2.15. The molecule has 0 radical (unpaired) electrons. The summed E-state index contributed by atoms with van der Waals surface area (Å²) in [6.45, 7) is 0. The monoisotopic (exact) mass is 306 g/mol. The van der Waals surface area contributed by atoms with Crippen LogP contribution in [0.2, 0.25) is 0 Å². The van der Waals surface area contributed by atoms with E-state index in [9.17, 15) is 19.8 Å². The largest absolute Gasteiger partial charge is 0.480 e. The number of rotatable bonds is 0. The van der Waals surface area contributed by atoms with E-state index in [4.69, 9.17) is 21.1 Å². The van der Waals surface area contributed by atoms with Crippen molar-refractivity contribution in [3.05, 3.63) is 57.3 Å². The second kappa shape index (κ2) is 4.68. The lowest BCUT2D eigenvalue weighted by atomic mass is 10.1. The molecular formula is C14H7ClO6. The normalized spacial score (nSPS) is 18.0. The molecule has 0 aromatic heterocycles. The van der Waals surface area contributed by atoms with Gasteiger partial charge in [-0.25, -0.2) is 0 Å². The van der Waals surface area contributed by atoms with Gasteiger partial charge in [-0.3, -0.25) is 9.59 Å². The molecule has 0 fully saturated rings. The predicted octanol–water partition coefficient (Wildman–Crippen LogP) is 0.467. The van der Waals surface area contributed by atoms with E-state index >= 15 is 0 Å². The number of benzene rings is 1. The van der Waals surface area contributed by atoms with E-state index in [1.54, 1.807) is 0 Å². The third-order valence-corrected chi connectivity index (χ3v) is 3.25. The van der Waals surface area contributed by atoms with Crippen LogP contribution in [-0.2, 0) is 19.1 Å². The van der Waals surface area contributed by atoms with Crippen LogP contribution in [-0.4, -0.2) is 21.8 Å². The van der Waals surface area contributed by atoms with Gasteiger partial charge >= 0.3 is 0 Å². The minimum absolute atomic E-state index is 0.238. The van der Waals surface area contributed by atoms with Gasteiger partial charge in [0, 0.05) is 6.08 Å². The van der Waals surface area contributed by atoms with Crippen molar-refractivity contribution in [1.82, 2.24) is 0 Å². The molecule has 2 aliphatic heterocycles. The topological polar surface area (TPSA) is 93.1 Å². The van der Waals surface area contributed by atoms with E-state index in [1.807, 2.05) is 0 Å². The number of Topliss-reactive ketones (excluding diaryl/α,β-unsaturated/α-hetero) is 1. The number of hydrogen-bond donors (Lipinski definition) is 2. The number of halogens is 1. The molecule has 0 atom stereocenters. The summed E-state index contributed by atoms with van der Waals surface area (Å²) in [5.74, 6) is -3.76. The van der Waals surface area contributed by atoms with E-state index in [0.717, 1.165) is 6.08 Å². The minimum atomic E-state index is -0.861. The highest BCUT2D eigenvalue weighted by Crippen LogP contribution is 2.26. The molecule has 7 heteroatoms. The number of allylic oxidation sites excluding steroid dienone is 2. The van der Waals surface area contributed by atoms with Gasteiger partial charge in [0.1, 0.15) is 5.03 Å². The van der Waals surface area contributed by atoms with Crippen molar-refractivity contribution in [1.29, 1.82) is 0 Å². The summed E-state index contributed by atoms with van der Waals surface area (Å²) in [6.07, 6.45) is 0.844. The van der Waals surface area contributed by atoms with Gasteiger partial charge in [0.05, 0.1) is 10.4 Å². The van der Waals surface area contributed by atoms with Crippen molar-refractivity contribution in [2.24, 2.45) is 0 Å². The lowest BCUT2D eigenvalue weighted by Gasteiger charge is -2.15. The van der Waals surface area contributed by atoms with E-state index in [-0.39, 0.29) is 10.4 Å². The van der Waals surface area contributed by atoms with Crippen LogP contribution in [0.1, 0.15) is 0 Å². The van der Waals surface area contributed by atoms with E-state index in [0.29, 0.717) is 0 Å². The van der Waals surface area contributed by atoms with Gasteiger partial charge in [-0.05, 0) is 24.3 Å². The van der Waals surface area contributed by atoms with E-state index < -0.39 is 40.0 Å². The predicted molar refractivity (Wildman–Crippen MR) is 70.9 cm³/mol. The molecule has 1 aliphatic carbocycles. The molecule has 0 spiro atoms. The van der Waals surface area contributed by atoms with Crippen molar-refractivity contribution >= 4 is 35.1 Å². The highest BCUT2D eigenvalue weighted by Gasteiger charge is 2.32. The van der Waals surface area contributed by atoms with Gasteiger partial charge in [-0.2, -0.15) is 0 Å². The number of carbonyl (C=O) groups is 2. The molecule has 0 amide bonds. The van der Waals surface area contributed by atoms with Gasteiger partial charge in [-0.1, -0.05) is 11.6 Å². The minimum Gasteiger partial charge on any atom is -0.480 e. The fraction of sp³-hybridized carbons (Fsp3) is 0. The van der Waals surface area contributed by atoms with Gasteiger partial charge in [0.15, 0.2) is 5.76 Å². The SMILES string of the molecule is O=C1C=C2OC(O)=c3ccc(cc3)=C(O)OC(=C1Cl)C2=O. The summed E-state index contributed by atoms with van der Waals surface area (Å²) >= 11 is 5.73. The highest BCUT2D eigenvalue weighted by atomic mass is 35.5. The van der Waals surface area contributed by atoms with Crippen molar-refractivity contribution < 1.29 is 29.3 Å². The van der Waals surface area contributed by atoms with Crippen LogP contribution in [0.15, 0.2) is 46.9 Å². The Hall–Kier alpha value is -2.73. The summed E-state index contributed by atoms with van der Waals surface area (Å²) in [5.41, 5.74) is 0. The van der Waals surface area contributed by atoms with Crippen molar-refractivity contribution in [3.8, 4) is 0 Å². The zero-order valence-corrected chi connectivity index (χ0v) is 11.0. The second-order valence-corrected chi connectivity index (χ2v) is 4.61. The Balaban J connectivity index is 2.32. The van der Waals surface area contributed by atoms with Gasteiger partial charge in [-0.15, -0.1) is 0 Å². The fourth-order valence-corrected chi connectivity index (χ4v) is 1.99. The van der Waals surface area contributed by atoms with Crippen molar-refractivity contribution in [2.75, 3.05) is 0 Å². The van der Waals surface area contributed by atoms with Crippen LogP contribution in [0.3, 0.4) is 0 Å². The molecule has 2 heterocycles. The van der Waals surface area contributed by atoms with Crippen LogP contribution in [0.4, 0.5) is 0 Å². The van der Waals surface area contributed by atoms with Crippen LogP contribution in [0, 0.1) is 0 Å². The van der Waals surface area contributed by atoms with Gasteiger partial charge in [0.2, 0.25) is 11.5 Å². The molecule has 4 rings (SSSR count). The number of ether oxygens (including phenoxy) is 2. The Labute approximate surface area is 122 Å². The zero-order chi connectivity index (χ0) is 15.1. The summed E-state index contributed by atoms with van der Waals surface area (Å²) in [6, 6.07) is 5.77. The maximum Gasteiger partial charge on any atom is 0.289 e. The molecule has 4 bridgehead atoms. The smallest absolute Gasteiger partial charge is 0.289 e. The molecule has 106 valence electrons. The molecule has 1 aromatic carbocycles. The first-order chi connectivity index (χ1) is 9.97. The van der Waals surface area contributed by atoms with Crippen LogP contribution in [0.5, 0.6) is 0 Å². The van der Waals surface area contributed by atoms with Gasteiger partial charge < -0.3 is 19.7 Å². The molecule has 6 nitrogen and oxygen atoms in total. The Kier molecular flexibility index (Phi) is 2.95. The third-order valence-electron chi connectivity index (χ3n) is 2.89. The van der Waals surface area contributed by atoms with Crippen molar-refractivity contribution in [3.63, 3.8) is 0 Å². The number of aliphatic hydroxyl groups excluding tert-OH is 2. The maximum absolute atomic E-state index is 12.1. The van der Waals surface area contributed by atoms with Gasteiger partial charge in [0.25, 0.3) is 17.7 Å².